The second-order valence-electron chi connectivity index (χ2n) is 7.86. The van der Waals surface area contributed by atoms with E-state index in [-0.39, 0.29) is 18.5 Å². The van der Waals surface area contributed by atoms with Crippen LogP contribution in [0.15, 0.2) is 30.3 Å². The van der Waals surface area contributed by atoms with E-state index in [2.05, 4.69) is 34.5 Å². The summed E-state index contributed by atoms with van der Waals surface area (Å²) in [6.45, 7) is 7.97. The molecule has 0 radical (unpaired) electrons. The molecule has 2 heterocycles. The van der Waals surface area contributed by atoms with E-state index >= 15 is 0 Å². The summed E-state index contributed by atoms with van der Waals surface area (Å²) in [4.78, 5) is 28.4. The fourth-order valence-corrected chi connectivity index (χ4v) is 3.63. The predicted molar refractivity (Wildman–Crippen MR) is 95.0 cm³/mol. The molecule has 0 aliphatic carbocycles. The van der Waals surface area contributed by atoms with Crippen LogP contribution < -0.4 is 5.32 Å². The third-order valence-corrected chi connectivity index (χ3v) is 4.69. The number of alkyl carbamates (subject to hydrolysis) is 1. The van der Waals surface area contributed by atoms with E-state index in [1.54, 1.807) is 20.8 Å². The first-order valence-electron chi connectivity index (χ1n) is 8.86. The van der Waals surface area contributed by atoms with E-state index in [9.17, 15) is 9.59 Å². The zero-order valence-corrected chi connectivity index (χ0v) is 15.2. The average Bonchev–Trinajstić information content (AvgIpc) is 3.12. The molecule has 25 heavy (non-hydrogen) atoms. The first-order chi connectivity index (χ1) is 11.8. The molecule has 2 aliphatic rings. The van der Waals surface area contributed by atoms with Gasteiger partial charge < -0.3 is 15.0 Å². The van der Waals surface area contributed by atoms with Crippen LogP contribution in [0, 0.1) is 0 Å². The van der Waals surface area contributed by atoms with Crippen LogP contribution in [0.4, 0.5) is 4.79 Å². The van der Waals surface area contributed by atoms with E-state index < -0.39 is 11.7 Å². The maximum absolute atomic E-state index is 12.4. The molecule has 2 fully saturated rings. The lowest BCUT2D eigenvalue weighted by Crippen LogP contribution is -2.51. The van der Waals surface area contributed by atoms with Crippen LogP contribution in [-0.4, -0.2) is 59.1 Å². The standard InChI is InChI=1S/C19H27N3O3/c1-19(2,3)25-18(24)20-10-17(23)22-13-15-9-16(22)12-21(15)11-14-7-5-4-6-8-14/h4-8,15-16H,9-13H2,1-3H3,(H,20,24). The molecular formula is C19H27N3O3. The second-order valence-corrected chi connectivity index (χ2v) is 7.86. The number of carbonyl (C=O) groups is 2. The van der Waals surface area contributed by atoms with Gasteiger partial charge in [0.05, 0.1) is 0 Å². The zero-order chi connectivity index (χ0) is 18.0. The molecule has 0 spiro atoms. The van der Waals surface area contributed by atoms with Gasteiger partial charge in [0.2, 0.25) is 5.91 Å². The van der Waals surface area contributed by atoms with Gasteiger partial charge in [-0.25, -0.2) is 4.79 Å². The van der Waals surface area contributed by atoms with Gasteiger partial charge in [0.25, 0.3) is 0 Å². The van der Waals surface area contributed by atoms with Crippen LogP contribution in [0.3, 0.4) is 0 Å². The highest BCUT2D eigenvalue weighted by atomic mass is 16.6. The second kappa shape index (κ2) is 7.04. The summed E-state index contributed by atoms with van der Waals surface area (Å²) in [5, 5.41) is 2.56. The summed E-state index contributed by atoms with van der Waals surface area (Å²) < 4.78 is 5.17. The monoisotopic (exact) mass is 345 g/mol. The molecule has 2 saturated heterocycles. The van der Waals surface area contributed by atoms with Gasteiger partial charge in [0.15, 0.2) is 0 Å². The third-order valence-electron chi connectivity index (χ3n) is 4.69. The van der Waals surface area contributed by atoms with Gasteiger partial charge >= 0.3 is 6.09 Å². The first-order valence-corrected chi connectivity index (χ1v) is 8.86. The van der Waals surface area contributed by atoms with Crippen molar-refractivity contribution in [3.63, 3.8) is 0 Å². The molecule has 6 nitrogen and oxygen atoms in total. The summed E-state index contributed by atoms with van der Waals surface area (Å²) in [6.07, 6.45) is 0.473. The van der Waals surface area contributed by atoms with Gasteiger partial charge in [-0.3, -0.25) is 9.69 Å². The fourth-order valence-electron chi connectivity index (χ4n) is 3.63. The largest absolute Gasteiger partial charge is 0.444 e. The molecule has 136 valence electrons. The van der Waals surface area contributed by atoms with E-state index in [0.29, 0.717) is 6.04 Å². The lowest BCUT2D eigenvalue weighted by atomic mass is 10.2. The Labute approximate surface area is 149 Å². The number of carbonyl (C=O) groups excluding carboxylic acids is 2. The topological polar surface area (TPSA) is 61.9 Å². The Balaban J connectivity index is 1.46. The highest BCUT2D eigenvalue weighted by molar-refractivity contribution is 5.83. The van der Waals surface area contributed by atoms with E-state index in [0.717, 1.165) is 26.1 Å². The molecule has 2 amide bonds. The Morgan fingerprint density at radius 3 is 2.48 bits per heavy atom. The van der Waals surface area contributed by atoms with Crippen molar-refractivity contribution in [2.45, 2.75) is 51.4 Å². The van der Waals surface area contributed by atoms with Crippen LogP contribution in [0.1, 0.15) is 32.8 Å². The van der Waals surface area contributed by atoms with Gasteiger partial charge in [-0.15, -0.1) is 0 Å². The average molecular weight is 345 g/mol. The Morgan fingerprint density at radius 1 is 1.16 bits per heavy atom. The minimum absolute atomic E-state index is 0.00316. The predicted octanol–water partition coefficient (Wildman–Crippen LogP) is 2.00. The summed E-state index contributed by atoms with van der Waals surface area (Å²) in [7, 11) is 0. The SMILES string of the molecule is CC(C)(C)OC(=O)NCC(=O)N1CC2CC1CN2Cc1ccccc1. The molecule has 2 bridgehead atoms. The third kappa shape index (κ3) is 4.51. The van der Waals surface area contributed by atoms with Crippen molar-refractivity contribution >= 4 is 12.0 Å². The summed E-state index contributed by atoms with van der Waals surface area (Å²) >= 11 is 0. The Morgan fingerprint density at radius 2 is 1.88 bits per heavy atom. The van der Waals surface area contributed by atoms with Crippen molar-refractivity contribution in [1.29, 1.82) is 0 Å². The molecule has 2 aliphatic heterocycles. The van der Waals surface area contributed by atoms with Crippen LogP contribution >= 0.6 is 0 Å². The summed E-state index contributed by atoms with van der Waals surface area (Å²) in [5.74, 6) is -0.0299. The molecule has 3 rings (SSSR count). The van der Waals surface area contributed by atoms with E-state index in [1.807, 2.05) is 11.0 Å². The van der Waals surface area contributed by atoms with Crippen LogP contribution in [-0.2, 0) is 16.1 Å². The zero-order valence-electron chi connectivity index (χ0n) is 15.2. The lowest BCUT2D eigenvalue weighted by Gasteiger charge is -2.34. The van der Waals surface area contributed by atoms with Crippen LogP contribution in [0.2, 0.25) is 0 Å². The van der Waals surface area contributed by atoms with Crippen molar-refractivity contribution in [2.24, 2.45) is 0 Å². The van der Waals surface area contributed by atoms with Crippen LogP contribution in [0.5, 0.6) is 0 Å². The Bertz CT molecular complexity index is 627. The van der Waals surface area contributed by atoms with Gasteiger partial charge in [0.1, 0.15) is 12.1 Å². The number of fused-ring (bicyclic) bond motifs is 2. The van der Waals surface area contributed by atoms with Gasteiger partial charge in [-0.05, 0) is 32.8 Å². The number of ether oxygens (including phenoxy) is 1. The lowest BCUT2D eigenvalue weighted by molar-refractivity contribution is -0.132. The van der Waals surface area contributed by atoms with Gasteiger partial charge in [-0.1, -0.05) is 30.3 Å². The van der Waals surface area contributed by atoms with Crippen molar-refractivity contribution in [2.75, 3.05) is 19.6 Å². The summed E-state index contributed by atoms with van der Waals surface area (Å²) in [6, 6.07) is 11.1. The maximum atomic E-state index is 12.4. The number of hydrogen-bond donors (Lipinski definition) is 1. The number of hydrogen-bond acceptors (Lipinski definition) is 4. The van der Waals surface area contributed by atoms with E-state index in [4.69, 9.17) is 4.74 Å². The summed E-state index contributed by atoms with van der Waals surface area (Å²) in [5.41, 5.74) is 0.747. The van der Waals surface area contributed by atoms with Crippen LogP contribution in [0.25, 0.3) is 0 Å². The van der Waals surface area contributed by atoms with Crippen molar-refractivity contribution in [3.8, 4) is 0 Å². The molecule has 1 aromatic carbocycles. The highest BCUT2D eigenvalue weighted by Gasteiger charge is 2.44. The number of likely N-dealkylation sites (tertiary alicyclic amines) is 2. The molecule has 2 unspecified atom stereocenters. The first kappa shape index (κ1) is 17.7. The van der Waals surface area contributed by atoms with Crippen molar-refractivity contribution in [1.82, 2.24) is 15.1 Å². The van der Waals surface area contributed by atoms with E-state index in [1.165, 1.54) is 5.56 Å². The van der Waals surface area contributed by atoms with Crippen molar-refractivity contribution in [3.05, 3.63) is 35.9 Å². The number of piperazine rings is 1. The van der Waals surface area contributed by atoms with Gasteiger partial charge in [0, 0.05) is 31.7 Å². The number of rotatable bonds is 4. The number of amides is 2. The number of nitrogens with one attached hydrogen (secondary N) is 1. The smallest absolute Gasteiger partial charge is 0.408 e. The molecule has 2 atom stereocenters. The number of nitrogens with zero attached hydrogens (tertiary/aromatic N) is 2. The Kier molecular flexibility index (Phi) is 4.99. The maximum Gasteiger partial charge on any atom is 0.408 e. The molecule has 1 N–H and O–H groups in total. The highest BCUT2D eigenvalue weighted by Crippen LogP contribution is 2.31. The molecule has 0 saturated carbocycles. The number of benzene rings is 1. The normalized spacial score (nSPS) is 22.9. The Hall–Kier alpha value is -2.08. The minimum atomic E-state index is -0.558. The quantitative estimate of drug-likeness (QED) is 0.907. The fraction of sp³-hybridized carbons (Fsp3) is 0.579. The molecular weight excluding hydrogens is 318 g/mol. The van der Waals surface area contributed by atoms with Gasteiger partial charge in [-0.2, -0.15) is 0 Å². The van der Waals surface area contributed by atoms with Crippen molar-refractivity contribution < 1.29 is 14.3 Å². The molecule has 0 aromatic heterocycles. The molecule has 1 aromatic rings. The minimum Gasteiger partial charge on any atom is -0.444 e. The molecule has 6 heteroatoms.